The van der Waals surface area contributed by atoms with Crippen molar-refractivity contribution in [3.8, 4) is 11.5 Å². The summed E-state index contributed by atoms with van der Waals surface area (Å²) >= 11 is 0. The summed E-state index contributed by atoms with van der Waals surface area (Å²) in [6, 6.07) is 13.1. The number of carbonyl (C=O) groups is 1. The van der Waals surface area contributed by atoms with E-state index in [1.54, 1.807) is 37.6 Å². The maximum absolute atomic E-state index is 13.5. The SMILES string of the molecule is COc1cc(NC(=O)COc2ccccc2F)c2ncccc2c1. The summed E-state index contributed by atoms with van der Waals surface area (Å²) < 4.78 is 23.9. The van der Waals surface area contributed by atoms with Gasteiger partial charge >= 0.3 is 0 Å². The van der Waals surface area contributed by atoms with Crippen LogP contribution < -0.4 is 14.8 Å². The van der Waals surface area contributed by atoms with Crippen LogP contribution in [0.15, 0.2) is 54.7 Å². The molecule has 0 atom stereocenters. The number of nitrogens with one attached hydrogen (secondary N) is 1. The number of pyridine rings is 1. The molecule has 0 unspecified atom stereocenters. The summed E-state index contributed by atoms with van der Waals surface area (Å²) in [4.78, 5) is 16.4. The first-order valence-corrected chi connectivity index (χ1v) is 7.27. The quantitative estimate of drug-likeness (QED) is 0.780. The monoisotopic (exact) mass is 326 g/mol. The fourth-order valence-electron chi connectivity index (χ4n) is 2.27. The number of para-hydroxylation sites is 1. The predicted molar refractivity (Wildman–Crippen MR) is 88.8 cm³/mol. The smallest absolute Gasteiger partial charge is 0.262 e. The van der Waals surface area contributed by atoms with E-state index >= 15 is 0 Å². The minimum absolute atomic E-state index is 0.0290. The molecule has 1 N–H and O–H groups in total. The molecule has 6 heteroatoms. The lowest BCUT2D eigenvalue weighted by molar-refractivity contribution is -0.118. The van der Waals surface area contributed by atoms with Crippen LogP contribution in [0.5, 0.6) is 11.5 Å². The lowest BCUT2D eigenvalue weighted by atomic mass is 10.2. The van der Waals surface area contributed by atoms with Gasteiger partial charge in [-0.3, -0.25) is 9.78 Å². The number of methoxy groups -OCH3 is 1. The molecule has 122 valence electrons. The van der Waals surface area contributed by atoms with Gasteiger partial charge in [-0.1, -0.05) is 18.2 Å². The summed E-state index contributed by atoms with van der Waals surface area (Å²) in [7, 11) is 1.55. The topological polar surface area (TPSA) is 60.5 Å². The van der Waals surface area contributed by atoms with Gasteiger partial charge in [-0.15, -0.1) is 0 Å². The number of rotatable bonds is 5. The highest BCUT2D eigenvalue weighted by molar-refractivity contribution is 6.01. The maximum Gasteiger partial charge on any atom is 0.262 e. The number of aromatic nitrogens is 1. The van der Waals surface area contributed by atoms with E-state index in [0.29, 0.717) is 17.0 Å². The highest BCUT2D eigenvalue weighted by atomic mass is 19.1. The number of hydrogen-bond donors (Lipinski definition) is 1. The van der Waals surface area contributed by atoms with Crippen LogP contribution in [0.25, 0.3) is 10.9 Å². The minimum Gasteiger partial charge on any atom is -0.497 e. The Balaban J connectivity index is 1.77. The molecule has 1 aromatic heterocycles. The lowest BCUT2D eigenvalue weighted by Crippen LogP contribution is -2.20. The zero-order valence-electron chi connectivity index (χ0n) is 13.0. The first kappa shape index (κ1) is 15.7. The number of carbonyl (C=O) groups excluding carboxylic acids is 1. The van der Waals surface area contributed by atoms with E-state index in [1.165, 1.54) is 12.1 Å². The summed E-state index contributed by atoms with van der Waals surface area (Å²) in [6.07, 6.45) is 1.64. The van der Waals surface area contributed by atoms with E-state index in [2.05, 4.69) is 10.3 Å². The van der Waals surface area contributed by atoms with E-state index in [1.807, 2.05) is 12.1 Å². The molecule has 5 nitrogen and oxygen atoms in total. The van der Waals surface area contributed by atoms with Crippen molar-refractivity contribution in [3.63, 3.8) is 0 Å². The van der Waals surface area contributed by atoms with Crippen molar-refractivity contribution >= 4 is 22.5 Å². The molecule has 2 aromatic carbocycles. The van der Waals surface area contributed by atoms with Crippen LogP contribution in [0.4, 0.5) is 10.1 Å². The van der Waals surface area contributed by atoms with Crippen LogP contribution in [0.2, 0.25) is 0 Å². The van der Waals surface area contributed by atoms with E-state index in [9.17, 15) is 9.18 Å². The highest BCUT2D eigenvalue weighted by Crippen LogP contribution is 2.27. The van der Waals surface area contributed by atoms with Gasteiger partial charge in [-0.05, 0) is 24.3 Å². The summed E-state index contributed by atoms with van der Waals surface area (Å²) in [5.41, 5.74) is 1.14. The van der Waals surface area contributed by atoms with Gasteiger partial charge in [0.15, 0.2) is 18.2 Å². The Morgan fingerprint density at radius 3 is 2.83 bits per heavy atom. The van der Waals surface area contributed by atoms with Gasteiger partial charge in [0, 0.05) is 17.6 Å². The molecule has 0 aliphatic carbocycles. The van der Waals surface area contributed by atoms with Crippen molar-refractivity contribution in [2.45, 2.75) is 0 Å². The van der Waals surface area contributed by atoms with Gasteiger partial charge in [-0.2, -0.15) is 0 Å². The summed E-state index contributed by atoms with van der Waals surface area (Å²) in [5.74, 6) is -0.306. The molecule has 24 heavy (non-hydrogen) atoms. The number of ether oxygens (including phenoxy) is 2. The summed E-state index contributed by atoms with van der Waals surface area (Å²) in [5, 5.41) is 3.56. The third-order valence-electron chi connectivity index (χ3n) is 3.38. The number of amides is 1. The molecular formula is C18H15FN2O3. The zero-order valence-corrected chi connectivity index (χ0v) is 13.0. The fraction of sp³-hybridized carbons (Fsp3) is 0.111. The van der Waals surface area contributed by atoms with E-state index < -0.39 is 11.7 Å². The Bertz CT molecular complexity index is 883. The molecule has 0 radical (unpaired) electrons. The number of halogens is 1. The summed E-state index contributed by atoms with van der Waals surface area (Å²) in [6.45, 7) is -0.313. The van der Waals surface area contributed by atoms with Gasteiger partial charge in [0.25, 0.3) is 5.91 Å². The molecular weight excluding hydrogens is 311 g/mol. The van der Waals surface area contributed by atoms with Gasteiger partial charge in [0.05, 0.1) is 18.3 Å². The third kappa shape index (κ3) is 3.43. The Labute approximate surface area is 138 Å². The zero-order chi connectivity index (χ0) is 16.9. The number of hydrogen-bond acceptors (Lipinski definition) is 4. The van der Waals surface area contributed by atoms with Gasteiger partial charge in [-0.25, -0.2) is 4.39 Å². The molecule has 3 aromatic rings. The predicted octanol–water partition coefficient (Wildman–Crippen LogP) is 3.40. The Kier molecular flexibility index (Phi) is 4.56. The molecule has 0 spiro atoms. The van der Waals surface area contributed by atoms with Gasteiger partial charge < -0.3 is 14.8 Å². The van der Waals surface area contributed by atoms with Gasteiger partial charge in [0.2, 0.25) is 0 Å². The van der Waals surface area contributed by atoms with Crippen molar-refractivity contribution in [2.75, 3.05) is 19.0 Å². The van der Waals surface area contributed by atoms with E-state index in [-0.39, 0.29) is 12.4 Å². The Morgan fingerprint density at radius 1 is 1.21 bits per heavy atom. The minimum atomic E-state index is -0.515. The van der Waals surface area contributed by atoms with Crippen molar-refractivity contribution in [3.05, 3.63) is 60.5 Å². The average molecular weight is 326 g/mol. The van der Waals surface area contributed by atoms with Crippen molar-refractivity contribution < 1.29 is 18.7 Å². The molecule has 0 aliphatic rings. The molecule has 0 aliphatic heterocycles. The average Bonchev–Trinajstić information content (AvgIpc) is 2.61. The number of benzene rings is 2. The number of anilines is 1. The first-order chi connectivity index (χ1) is 11.7. The molecule has 1 heterocycles. The molecule has 0 saturated heterocycles. The first-order valence-electron chi connectivity index (χ1n) is 7.27. The molecule has 1 amide bonds. The maximum atomic E-state index is 13.5. The standard InChI is InChI=1S/C18H15FN2O3/c1-23-13-9-12-5-4-8-20-18(12)15(10-13)21-17(22)11-24-16-7-3-2-6-14(16)19/h2-10H,11H2,1H3,(H,21,22). The fourth-order valence-corrected chi connectivity index (χ4v) is 2.27. The molecule has 0 bridgehead atoms. The molecule has 0 fully saturated rings. The van der Waals surface area contributed by atoms with Crippen molar-refractivity contribution in [2.24, 2.45) is 0 Å². The Hall–Kier alpha value is -3.15. The van der Waals surface area contributed by atoms with Crippen LogP contribution in [-0.2, 0) is 4.79 Å². The number of fused-ring (bicyclic) bond motifs is 1. The lowest BCUT2D eigenvalue weighted by Gasteiger charge is -2.11. The van der Waals surface area contributed by atoms with Crippen LogP contribution in [-0.4, -0.2) is 24.6 Å². The number of nitrogens with zero attached hydrogens (tertiary/aromatic N) is 1. The largest absolute Gasteiger partial charge is 0.497 e. The normalized spacial score (nSPS) is 10.4. The second kappa shape index (κ2) is 6.95. The third-order valence-corrected chi connectivity index (χ3v) is 3.38. The van der Waals surface area contributed by atoms with Crippen molar-refractivity contribution in [1.82, 2.24) is 4.98 Å². The molecule has 3 rings (SSSR count). The Morgan fingerprint density at radius 2 is 2.04 bits per heavy atom. The van der Waals surface area contributed by atoms with E-state index in [4.69, 9.17) is 9.47 Å². The van der Waals surface area contributed by atoms with Crippen molar-refractivity contribution in [1.29, 1.82) is 0 Å². The van der Waals surface area contributed by atoms with Crippen LogP contribution in [0, 0.1) is 5.82 Å². The van der Waals surface area contributed by atoms with E-state index in [0.717, 1.165) is 5.39 Å². The molecule has 0 saturated carbocycles. The second-order valence-corrected chi connectivity index (χ2v) is 5.02. The van der Waals surface area contributed by atoms with Crippen LogP contribution >= 0.6 is 0 Å². The van der Waals surface area contributed by atoms with Crippen LogP contribution in [0.1, 0.15) is 0 Å². The second-order valence-electron chi connectivity index (χ2n) is 5.02. The highest BCUT2D eigenvalue weighted by Gasteiger charge is 2.11. The van der Waals surface area contributed by atoms with Gasteiger partial charge in [0.1, 0.15) is 5.75 Å². The van der Waals surface area contributed by atoms with Crippen LogP contribution in [0.3, 0.4) is 0 Å².